The molecule has 1 saturated carbocycles. The third-order valence-electron chi connectivity index (χ3n) is 3.96. The van der Waals surface area contributed by atoms with Crippen LogP contribution in [0.3, 0.4) is 0 Å². The predicted octanol–water partition coefficient (Wildman–Crippen LogP) is 1.54. The number of nitrogens with zero attached hydrogens (tertiary/aromatic N) is 1. The van der Waals surface area contributed by atoms with E-state index in [4.69, 9.17) is 0 Å². The molecule has 5 nitrogen and oxygen atoms in total. The van der Waals surface area contributed by atoms with Gasteiger partial charge < -0.3 is 10.4 Å². The van der Waals surface area contributed by atoms with Crippen LogP contribution in [0.5, 0.6) is 0 Å². The summed E-state index contributed by atoms with van der Waals surface area (Å²) in [6.45, 7) is 0. The first-order valence-corrected chi connectivity index (χ1v) is 6.30. The lowest BCUT2D eigenvalue weighted by molar-refractivity contribution is -0.146. The van der Waals surface area contributed by atoms with Gasteiger partial charge in [0.15, 0.2) is 0 Å². The number of carbonyl (C=O) groups excluding carboxylic acids is 1. The minimum atomic E-state index is -0.891. The summed E-state index contributed by atoms with van der Waals surface area (Å²) in [5.41, 5.74) is 0. The van der Waals surface area contributed by atoms with Crippen LogP contribution in [0, 0.1) is 23.7 Å². The first kappa shape index (κ1) is 11.9. The molecule has 0 saturated heterocycles. The summed E-state index contributed by atoms with van der Waals surface area (Å²) in [6.07, 6.45) is 6.24. The molecule has 3 rings (SSSR count). The second-order valence-electron chi connectivity index (χ2n) is 5.04. The molecular weight excluding hydrogens is 244 g/mol. The normalized spacial score (nSPS) is 31.4. The van der Waals surface area contributed by atoms with Crippen molar-refractivity contribution in [2.75, 3.05) is 5.32 Å². The topological polar surface area (TPSA) is 79.3 Å². The van der Waals surface area contributed by atoms with Gasteiger partial charge in [-0.25, -0.2) is 4.98 Å². The second-order valence-corrected chi connectivity index (χ2v) is 5.04. The van der Waals surface area contributed by atoms with Crippen molar-refractivity contribution in [1.82, 2.24) is 4.98 Å². The SMILES string of the molecule is O=C(O)[C@@H]1[C@H](C(=O)Nc2ccccn2)[C@@H]2C=C[C@H]1C2. The standard InChI is InChI=1S/C14H14N2O3/c17-13(16-10-3-1-2-6-15-10)11-8-4-5-9(7-8)12(11)14(18)19/h1-6,8-9,11-12H,7H2,(H,18,19)(H,15,16,17)/t8-,9+,11-,12+/m1/s1. The molecule has 2 aliphatic rings. The zero-order valence-corrected chi connectivity index (χ0v) is 10.2. The Morgan fingerprint density at radius 1 is 1.21 bits per heavy atom. The molecule has 1 heterocycles. The minimum Gasteiger partial charge on any atom is -0.481 e. The number of fused-ring (bicyclic) bond motifs is 2. The molecule has 98 valence electrons. The van der Waals surface area contributed by atoms with Gasteiger partial charge in [-0.2, -0.15) is 0 Å². The van der Waals surface area contributed by atoms with Crippen LogP contribution in [-0.2, 0) is 9.59 Å². The monoisotopic (exact) mass is 258 g/mol. The summed E-state index contributed by atoms with van der Waals surface area (Å²) < 4.78 is 0. The molecule has 0 aliphatic heterocycles. The maximum atomic E-state index is 12.3. The molecule has 1 aromatic rings. The van der Waals surface area contributed by atoms with Gasteiger partial charge in [-0.1, -0.05) is 18.2 Å². The van der Waals surface area contributed by atoms with Crippen molar-refractivity contribution < 1.29 is 14.7 Å². The van der Waals surface area contributed by atoms with E-state index in [9.17, 15) is 14.7 Å². The largest absolute Gasteiger partial charge is 0.481 e. The molecule has 2 bridgehead atoms. The van der Waals surface area contributed by atoms with Crippen LogP contribution in [0.25, 0.3) is 0 Å². The number of allylic oxidation sites excluding steroid dienone is 2. The lowest BCUT2D eigenvalue weighted by Crippen LogP contribution is -2.36. The van der Waals surface area contributed by atoms with Gasteiger partial charge in [0.2, 0.25) is 5.91 Å². The third kappa shape index (κ3) is 2.01. The highest BCUT2D eigenvalue weighted by molar-refractivity contribution is 5.95. The fourth-order valence-corrected chi connectivity index (χ4v) is 3.16. The van der Waals surface area contributed by atoms with Crippen LogP contribution in [0.15, 0.2) is 36.5 Å². The molecule has 5 heteroatoms. The fourth-order valence-electron chi connectivity index (χ4n) is 3.16. The Balaban J connectivity index is 1.79. The van der Waals surface area contributed by atoms with E-state index in [0.29, 0.717) is 5.82 Å². The summed E-state index contributed by atoms with van der Waals surface area (Å²) in [5.74, 6) is -1.76. The zero-order valence-electron chi connectivity index (χ0n) is 10.2. The van der Waals surface area contributed by atoms with Gasteiger partial charge in [0.25, 0.3) is 0 Å². The van der Waals surface area contributed by atoms with Crippen molar-refractivity contribution in [3.05, 3.63) is 36.5 Å². The average Bonchev–Trinajstić information content (AvgIpc) is 2.99. The molecule has 1 fully saturated rings. The van der Waals surface area contributed by atoms with Gasteiger partial charge in [0, 0.05) is 6.20 Å². The van der Waals surface area contributed by atoms with Gasteiger partial charge in [-0.3, -0.25) is 9.59 Å². The number of pyridine rings is 1. The number of hydrogen-bond donors (Lipinski definition) is 2. The van der Waals surface area contributed by atoms with Gasteiger partial charge in [0.1, 0.15) is 5.82 Å². The van der Waals surface area contributed by atoms with Gasteiger partial charge in [-0.05, 0) is 30.4 Å². The number of rotatable bonds is 3. The fraction of sp³-hybridized carbons (Fsp3) is 0.357. The Morgan fingerprint density at radius 3 is 2.58 bits per heavy atom. The van der Waals surface area contributed by atoms with Crippen LogP contribution < -0.4 is 5.32 Å². The Bertz CT molecular complexity index is 541. The van der Waals surface area contributed by atoms with Crippen LogP contribution in [0.4, 0.5) is 5.82 Å². The van der Waals surface area contributed by atoms with Crippen LogP contribution in [0.2, 0.25) is 0 Å². The number of aromatic nitrogens is 1. The lowest BCUT2D eigenvalue weighted by Gasteiger charge is -2.23. The minimum absolute atomic E-state index is 0.0121. The van der Waals surface area contributed by atoms with Crippen molar-refractivity contribution in [2.45, 2.75) is 6.42 Å². The number of hydrogen-bond acceptors (Lipinski definition) is 3. The van der Waals surface area contributed by atoms with Crippen molar-refractivity contribution in [3.8, 4) is 0 Å². The third-order valence-corrected chi connectivity index (χ3v) is 3.96. The van der Waals surface area contributed by atoms with E-state index in [2.05, 4.69) is 10.3 Å². The number of nitrogens with one attached hydrogen (secondary N) is 1. The van der Waals surface area contributed by atoms with E-state index in [-0.39, 0.29) is 17.7 Å². The molecule has 0 unspecified atom stereocenters. The zero-order chi connectivity index (χ0) is 13.4. The summed E-state index contributed by atoms with van der Waals surface area (Å²) in [7, 11) is 0. The highest BCUT2D eigenvalue weighted by Gasteiger charge is 2.51. The molecular formula is C14H14N2O3. The Kier molecular flexibility index (Phi) is 2.81. The van der Waals surface area contributed by atoms with Crippen molar-refractivity contribution in [1.29, 1.82) is 0 Å². The molecule has 0 radical (unpaired) electrons. The molecule has 0 aromatic carbocycles. The second kappa shape index (κ2) is 4.50. The molecule has 19 heavy (non-hydrogen) atoms. The Morgan fingerprint density at radius 2 is 1.95 bits per heavy atom. The van der Waals surface area contributed by atoms with Crippen LogP contribution in [-0.4, -0.2) is 22.0 Å². The molecule has 1 amide bonds. The summed E-state index contributed by atoms with van der Waals surface area (Å²) in [5, 5.41) is 12.0. The van der Waals surface area contributed by atoms with Crippen molar-refractivity contribution in [3.63, 3.8) is 0 Å². The molecule has 2 N–H and O–H groups in total. The first-order chi connectivity index (χ1) is 9.16. The maximum absolute atomic E-state index is 12.3. The Labute approximate surface area is 110 Å². The van der Waals surface area contributed by atoms with E-state index in [1.54, 1.807) is 24.4 Å². The summed E-state index contributed by atoms with van der Waals surface area (Å²) in [6, 6.07) is 5.23. The number of anilines is 1. The first-order valence-electron chi connectivity index (χ1n) is 6.30. The molecule has 1 aromatic heterocycles. The summed E-state index contributed by atoms with van der Waals surface area (Å²) in [4.78, 5) is 27.6. The molecule has 2 aliphatic carbocycles. The van der Waals surface area contributed by atoms with Gasteiger partial charge in [-0.15, -0.1) is 0 Å². The number of carbonyl (C=O) groups is 2. The number of aliphatic carboxylic acids is 1. The van der Waals surface area contributed by atoms with E-state index in [1.165, 1.54) is 0 Å². The highest BCUT2D eigenvalue weighted by Crippen LogP contribution is 2.48. The quantitative estimate of drug-likeness (QED) is 0.806. The van der Waals surface area contributed by atoms with E-state index in [0.717, 1.165) is 6.42 Å². The predicted molar refractivity (Wildman–Crippen MR) is 68.2 cm³/mol. The van der Waals surface area contributed by atoms with Gasteiger partial charge >= 0.3 is 5.97 Å². The highest BCUT2D eigenvalue weighted by atomic mass is 16.4. The number of amides is 1. The molecule has 4 atom stereocenters. The van der Waals surface area contributed by atoms with Crippen LogP contribution >= 0.6 is 0 Å². The average molecular weight is 258 g/mol. The summed E-state index contributed by atoms with van der Waals surface area (Å²) >= 11 is 0. The number of carboxylic acid groups (broad SMARTS) is 1. The smallest absolute Gasteiger partial charge is 0.307 e. The van der Waals surface area contributed by atoms with Gasteiger partial charge in [0.05, 0.1) is 11.8 Å². The van der Waals surface area contributed by atoms with Crippen molar-refractivity contribution >= 4 is 17.7 Å². The maximum Gasteiger partial charge on any atom is 0.307 e. The van der Waals surface area contributed by atoms with E-state index >= 15 is 0 Å². The van der Waals surface area contributed by atoms with Crippen LogP contribution in [0.1, 0.15) is 6.42 Å². The van der Waals surface area contributed by atoms with Crippen molar-refractivity contribution in [2.24, 2.45) is 23.7 Å². The number of carboxylic acids is 1. The Hall–Kier alpha value is -2.17. The lowest BCUT2D eigenvalue weighted by atomic mass is 9.82. The van der Waals surface area contributed by atoms with E-state index < -0.39 is 17.8 Å². The molecule has 0 spiro atoms. The van der Waals surface area contributed by atoms with E-state index in [1.807, 2.05) is 12.2 Å².